The van der Waals surface area contributed by atoms with E-state index in [1.807, 2.05) is 37.3 Å². The average molecular weight is 546 g/mol. The molecule has 0 saturated heterocycles. The molecule has 0 N–H and O–H groups in total. The van der Waals surface area contributed by atoms with Gasteiger partial charge >= 0.3 is 12.1 Å². The molecular formula is C31H21F3O6. The Bertz CT molecular complexity index is 1710. The molecule has 0 fully saturated rings. The summed E-state index contributed by atoms with van der Waals surface area (Å²) in [6, 6.07) is 25.4. The second-order valence-corrected chi connectivity index (χ2v) is 8.58. The van der Waals surface area contributed by atoms with E-state index in [0.29, 0.717) is 12.4 Å². The Labute approximate surface area is 226 Å². The van der Waals surface area contributed by atoms with Gasteiger partial charge in [-0.15, -0.1) is 0 Å². The van der Waals surface area contributed by atoms with Gasteiger partial charge in [-0.25, -0.2) is 4.79 Å². The molecule has 9 heteroatoms. The van der Waals surface area contributed by atoms with Gasteiger partial charge in [-0.3, -0.25) is 4.79 Å². The van der Waals surface area contributed by atoms with E-state index in [0.717, 1.165) is 17.2 Å². The Hall–Kier alpha value is -5.05. The number of alkyl halides is 3. The molecule has 1 aromatic heterocycles. The number of carbonyl (C=O) groups is 1. The summed E-state index contributed by atoms with van der Waals surface area (Å²) in [6.45, 7) is 2.28. The van der Waals surface area contributed by atoms with Gasteiger partial charge in [0.05, 0.1) is 17.6 Å². The lowest BCUT2D eigenvalue weighted by atomic mass is 10.1. The number of halogens is 3. The summed E-state index contributed by atoms with van der Waals surface area (Å²) in [4.78, 5) is 25.7. The van der Waals surface area contributed by atoms with Gasteiger partial charge < -0.3 is 18.6 Å². The zero-order chi connectivity index (χ0) is 28.3. The lowest BCUT2D eigenvalue weighted by Gasteiger charge is -2.14. The summed E-state index contributed by atoms with van der Waals surface area (Å²) in [6.07, 6.45) is -5.04. The van der Waals surface area contributed by atoms with Crippen LogP contribution in [-0.4, -0.2) is 12.6 Å². The number of fused-ring (bicyclic) bond motifs is 1. The van der Waals surface area contributed by atoms with E-state index in [2.05, 4.69) is 0 Å². The predicted molar refractivity (Wildman–Crippen MR) is 142 cm³/mol. The maximum atomic E-state index is 14.0. The zero-order valence-electron chi connectivity index (χ0n) is 21.0. The molecule has 5 rings (SSSR count). The number of carbonyl (C=O) groups excluding carboxylic acids is 1. The molecule has 0 aliphatic rings. The molecular weight excluding hydrogens is 525 g/mol. The molecule has 0 bridgehead atoms. The Kier molecular flexibility index (Phi) is 7.29. The first kappa shape index (κ1) is 26.6. The summed E-state index contributed by atoms with van der Waals surface area (Å²) in [7, 11) is 0. The standard InChI is InChI=1S/C31H21F3O6/c1-2-37-22-12-10-21(11-13-22)30(36)39-24-16-17-25-26(18-24)40-29(31(32,33)34)28(27(25)35)38-23-14-8-20(9-15-23)19-6-4-3-5-7-19/h3-18H,2H2,1H3. The largest absolute Gasteiger partial charge is 0.494 e. The molecule has 0 spiro atoms. The molecule has 0 aliphatic heterocycles. The minimum atomic E-state index is -5.04. The summed E-state index contributed by atoms with van der Waals surface area (Å²) in [5.41, 5.74) is 0.491. The molecule has 0 atom stereocenters. The van der Waals surface area contributed by atoms with Gasteiger partial charge in [0.1, 0.15) is 22.8 Å². The van der Waals surface area contributed by atoms with Gasteiger partial charge in [-0.2, -0.15) is 13.2 Å². The fourth-order valence-corrected chi connectivity index (χ4v) is 3.98. The van der Waals surface area contributed by atoms with Crippen molar-refractivity contribution in [2.24, 2.45) is 0 Å². The van der Waals surface area contributed by atoms with Crippen LogP contribution in [0.4, 0.5) is 13.2 Å². The second kappa shape index (κ2) is 11.0. The molecule has 0 unspecified atom stereocenters. The maximum Gasteiger partial charge on any atom is 0.453 e. The van der Waals surface area contributed by atoms with Gasteiger partial charge in [0.2, 0.25) is 11.2 Å². The molecule has 0 aliphatic carbocycles. The topological polar surface area (TPSA) is 75.0 Å². The van der Waals surface area contributed by atoms with Crippen molar-refractivity contribution in [1.29, 1.82) is 0 Å². The quantitative estimate of drug-likeness (QED) is 0.153. The number of hydrogen-bond acceptors (Lipinski definition) is 6. The number of hydrogen-bond donors (Lipinski definition) is 0. The van der Waals surface area contributed by atoms with E-state index < -0.39 is 34.7 Å². The van der Waals surface area contributed by atoms with E-state index in [9.17, 15) is 22.8 Å². The molecule has 1 heterocycles. The van der Waals surface area contributed by atoms with Gasteiger partial charge in [0.25, 0.3) is 5.76 Å². The van der Waals surface area contributed by atoms with Gasteiger partial charge in [-0.1, -0.05) is 42.5 Å². The smallest absolute Gasteiger partial charge is 0.453 e. The summed E-state index contributed by atoms with van der Waals surface area (Å²) >= 11 is 0. The van der Waals surface area contributed by atoms with E-state index in [-0.39, 0.29) is 22.4 Å². The van der Waals surface area contributed by atoms with Crippen LogP contribution in [0.1, 0.15) is 23.0 Å². The molecule has 40 heavy (non-hydrogen) atoms. The van der Waals surface area contributed by atoms with Crippen molar-refractivity contribution in [3.63, 3.8) is 0 Å². The summed E-state index contributed by atoms with van der Waals surface area (Å²) in [5, 5.41) is -0.176. The third-order valence-corrected chi connectivity index (χ3v) is 5.87. The number of esters is 1. The fraction of sp³-hybridized carbons (Fsp3) is 0.0968. The van der Waals surface area contributed by atoms with Gasteiger partial charge in [0, 0.05) is 6.07 Å². The number of rotatable bonds is 7. The monoisotopic (exact) mass is 546 g/mol. The highest BCUT2D eigenvalue weighted by Gasteiger charge is 2.40. The molecule has 0 saturated carbocycles. The van der Waals surface area contributed by atoms with Crippen molar-refractivity contribution in [2.45, 2.75) is 13.1 Å². The minimum Gasteiger partial charge on any atom is -0.494 e. The van der Waals surface area contributed by atoms with Crippen molar-refractivity contribution in [3.05, 3.63) is 119 Å². The Morgan fingerprint density at radius 2 is 1.43 bits per heavy atom. The third kappa shape index (κ3) is 5.68. The molecule has 6 nitrogen and oxygen atoms in total. The lowest BCUT2D eigenvalue weighted by Crippen LogP contribution is -2.15. The Morgan fingerprint density at radius 1 is 0.800 bits per heavy atom. The van der Waals surface area contributed by atoms with E-state index >= 15 is 0 Å². The first-order valence-corrected chi connectivity index (χ1v) is 12.2. The van der Waals surface area contributed by atoms with E-state index in [4.69, 9.17) is 18.6 Å². The van der Waals surface area contributed by atoms with E-state index in [1.54, 1.807) is 24.3 Å². The van der Waals surface area contributed by atoms with Crippen LogP contribution in [0.15, 0.2) is 106 Å². The van der Waals surface area contributed by atoms with Gasteiger partial charge in [0.15, 0.2) is 0 Å². The van der Waals surface area contributed by atoms with Crippen LogP contribution in [0.5, 0.6) is 23.0 Å². The summed E-state index contributed by atoms with van der Waals surface area (Å²) < 4.78 is 63.0. The van der Waals surface area contributed by atoms with Crippen molar-refractivity contribution >= 4 is 16.9 Å². The van der Waals surface area contributed by atoms with Crippen molar-refractivity contribution in [2.75, 3.05) is 6.61 Å². The molecule has 202 valence electrons. The van der Waals surface area contributed by atoms with Crippen LogP contribution >= 0.6 is 0 Å². The first-order chi connectivity index (χ1) is 19.2. The molecule has 4 aromatic carbocycles. The normalized spacial score (nSPS) is 11.3. The number of benzene rings is 4. The molecule has 0 amide bonds. The van der Waals surface area contributed by atoms with Gasteiger partial charge in [-0.05, 0) is 66.6 Å². The fourth-order valence-electron chi connectivity index (χ4n) is 3.98. The highest BCUT2D eigenvalue weighted by Crippen LogP contribution is 2.39. The Balaban J connectivity index is 1.44. The Morgan fingerprint density at radius 3 is 2.08 bits per heavy atom. The second-order valence-electron chi connectivity index (χ2n) is 8.58. The highest BCUT2D eigenvalue weighted by atomic mass is 19.4. The lowest BCUT2D eigenvalue weighted by molar-refractivity contribution is -0.154. The molecule has 0 radical (unpaired) electrons. The van der Waals surface area contributed by atoms with Crippen molar-refractivity contribution < 1.29 is 36.6 Å². The van der Waals surface area contributed by atoms with Crippen LogP contribution in [-0.2, 0) is 6.18 Å². The highest BCUT2D eigenvalue weighted by molar-refractivity contribution is 5.91. The van der Waals surface area contributed by atoms with E-state index in [1.165, 1.54) is 36.4 Å². The van der Waals surface area contributed by atoms with Crippen LogP contribution < -0.4 is 19.6 Å². The van der Waals surface area contributed by atoms with Crippen molar-refractivity contribution in [3.8, 4) is 34.1 Å². The first-order valence-electron chi connectivity index (χ1n) is 12.2. The average Bonchev–Trinajstić information content (AvgIpc) is 2.95. The van der Waals surface area contributed by atoms with Crippen LogP contribution in [0.25, 0.3) is 22.1 Å². The van der Waals surface area contributed by atoms with Crippen LogP contribution in [0, 0.1) is 0 Å². The number of ether oxygens (including phenoxy) is 3. The van der Waals surface area contributed by atoms with Crippen LogP contribution in [0.2, 0.25) is 0 Å². The molecule has 5 aromatic rings. The zero-order valence-corrected chi connectivity index (χ0v) is 21.0. The SMILES string of the molecule is CCOc1ccc(C(=O)Oc2ccc3c(=O)c(Oc4ccc(-c5ccccc5)cc4)c(C(F)(F)F)oc3c2)cc1. The third-order valence-electron chi connectivity index (χ3n) is 5.87. The van der Waals surface area contributed by atoms with Crippen molar-refractivity contribution in [1.82, 2.24) is 0 Å². The predicted octanol–water partition coefficient (Wildman–Crippen LogP) is 7.89. The summed E-state index contributed by atoms with van der Waals surface area (Å²) in [5.74, 6) is -2.86. The van der Waals surface area contributed by atoms with Crippen LogP contribution in [0.3, 0.4) is 0 Å². The minimum absolute atomic E-state index is 0.0257. The maximum absolute atomic E-state index is 14.0.